The number of aryl methyl sites for hydroxylation is 1. The van der Waals surface area contributed by atoms with Gasteiger partial charge in [0.2, 0.25) is 10.0 Å². The number of nitrogens with one attached hydrogen (secondary N) is 1. The van der Waals surface area contributed by atoms with Crippen molar-refractivity contribution in [3.8, 4) is 0 Å². The highest BCUT2D eigenvalue weighted by molar-refractivity contribution is 7.93. The second-order valence-corrected chi connectivity index (χ2v) is 6.94. The van der Waals surface area contributed by atoms with Gasteiger partial charge in [-0.05, 0) is 45.0 Å². The Balaban J connectivity index is 3.01. The third-order valence-corrected chi connectivity index (χ3v) is 5.34. The lowest BCUT2D eigenvalue weighted by molar-refractivity contribution is 0.570. The average molecular weight is 284 g/mol. The van der Waals surface area contributed by atoms with Gasteiger partial charge in [-0.1, -0.05) is 19.1 Å². The topological polar surface area (TPSA) is 49.4 Å². The summed E-state index contributed by atoms with van der Waals surface area (Å²) in [5, 5.41) is 2.65. The van der Waals surface area contributed by atoms with Crippen LogP contribution in [0.15, 0.2) is 24.3 Å². The van der Waals surface area contributed by atoms with Gasteiger partial charge < -0.3 is 5.32 Å². The summed E-state index contributed by atoms with van der Waals surface area (Å²) in [6, 6.07) is 7.60. The van der Waals surface area contributed by atoms with Crippen molar-refractivity contribution in [1.29, 1.82) is 0 Å². The third-order valence-electron chi connectivity index (χ3n) is 3.07. The first-order chi connectivity index (χ1) is 8.93. The lowest BCUT2D eigenvalue weighted by atomic mass is 10.2. The Labute approximate surface area is 116 Å². The second-order valence-electron chi connectivity index (χ2n) is 4.67. The zero-order valence-corrected chi connectivity index (χ0v) is 13.0. The van der Waals surface area contributed by atoms with Crippen LogP contribution in [0.1, 0.15) is 26.3 Å². The monoisotopic (exact) mass is 284 g/mol. The van der Waals surface area contributed by atoms with Crippen LogP contribution in [-0.4, -0.2) is 33.3 Å². The highest BCUT2D eigenvalue weighted by atomic mass is 32.2. The number of rotatable bonds is 7. The summed E-state index contributed by atoms with van der Waals surface area (Å²) in [5.41, 5.74) is 1.80. The molecule has 0 fully saturated rings. The minimum absolute atomic E-state index is 0.437. The van der Waals surface area contributed by atoms with E-state index in [1.165, 1.54) is 4.31 Å². The van der Waals surface area contributed by atoms with Gasteiger partial charge in [0, 0.05) is 13.1 Å². The van der Waals surface area contributed by atoms with Crippen molar-refractivity contribution >= 4 is 15.7 Å². The molecule has 1 N–H and O–H groups in total. The maximum atomic E-state index is 12.6. The maximum absolute atomic E-state index is 12.6. The molecule has 0 aliphatic rings. The largest absolute Gasteiger partial charge is 0.316 e. The average Bonchev–Trinajstić information content (AvgIpc) is 2.36. The lowest BCUT2D eigenvalue weighted by Crippen LogP contribution is -2.42. The molecular weight excluding hydrogens is 260 g/mol. The van der Waals surface area contributed by atoms with E-state index in [-0.39, 0.29) is 0 Å². The molecule has 0 aliphatic heterocycles. The molecule has 5 heteroatoms. The van der Waals surface area contributed by atoms with E-state index in [0.717, 1.165) is 17.8 Å². The van der Waals surface area contributed by atoms with Crippen molar-refractivity contribution in [2.75, 3.05) is 23.9 Å². The van der Waals surface area contributed by atoms with Gasteiger partial charge in [0.05, 0.1) is 10.9 Å². The molecule has 0 bridgehead atoms. The molecule has 1 aromatic carbocycles. The molecule has 0 saturated carbocycles. The van der Waals surface area contributed by atoms with Crippen molar-refractivity contribution in [2.24, 2.45) is 0 Å². The predicted octanol–water partition coefficient (Wildman–Crippen LogP) is 2.15. The van der Waals surface area contributed by atoms with Crippen LogP contribution in [0.25, 0.3) is 0 Å². The first-order valence-corrected chi connectivity index (χ1v) is 8.22. The summed E-state index contributed by atoms with van der Waals surface area (Å²) in [6.45, 7) is 9.24. The van der Waals surface area contributed by atoms with E-state index in [1.807, 2.05) is 45.0 Å². The Kier molecular flexibility index (Phi) is 5.82. The van der Waals surface area contributed by atoms with Crippen molar-refractivity contribution in [1.82, 2.24) is 5.32 Å². The van der Waals surface area contributed by atoms with Crippen molar-refractivity contribution in [2.45, 2.75) is 32.9 Å². The van der Waals surface area contributed by atoms with E-state index in [0.29, 0.717) is 13.1 Å². The van der Waals surface area contributed by atoms with Crippen molar-refractivity contribution in [3.63, 3.8) is 0 Å². The van der Waals surface area contributed by atoms with Crippen LogP contribution in [0.5, 0.6) is 0 Å². The highest BCUT2D eigenvalue weighted by Gasteiger charge is 2.27. The number of benzene rings is 1. The molecule has 0 amide bonds. The van der Waals surface area contributed by atoms with Gasteiger partial charge in [0.1, 0.15) is 0 Å². The van der Waals surface area contributed by atoms with E-state index >= 15 is 0 Å². The second kappa shape index (κ2) is 6.91. The van der Waals surface area contributed by atoms with Crippen molar-refractivity contribution in [3.05, 3.63) is 29.8 Å². The minimum Gasteiger partial charge on any atom is -0.316 e. The van der Waals surface area contributed by atoms with Crippen LogP contribution in [0, 0.1) is 6.92 Å². The van der Waals surface area contributed by atoms with Gasteiger partial charge >= 0.3 is 0 Å². The molecular formula is C14H24N2O2S. The molecule has 108 valence electrons. The van der Waals surface area contributed by atoms with Crippen LogP contribution < -0.4 is 9.62 Å². The number of hydrogen-bond donors (Lipinski definition) is 1. The quantitative estimate of drug-likeness (QED) is 0.834. The Morgan fingerprint density at radius 3 is 2.53 bits per heavy atom. The SMILES string of the molecule is CCNCC(C)S(=O)(=O)N(CC)c1cccc(C)c1. The zero-order chi connectivity index (χ0) is 14.5. The van der Waals surface area contributed by atoms with Gasteiger partial charge in [-0.25, -0.2) is 8.42 Å². The molecule has 0 heterocycles. The fourth-order valence-corrected chi connectivity index (χ4v) is 3.49. The molecule has 1 unspecified atom stereocenters. The van der Waals surface area contributed by atoms with Crippen LogP contribution >= 0.6 is 0 Å². The van der Waals surface area contributed by atoms with Crippen LogP contribution in [0.2, 0.25) is 0 Å². The molecule has 1 atom stereocenters. The Morgan fingerprint density at radius 1 is 1.32 bits per heavy atom. The van der Waals surface area contributed by atoms with E-state index < -0.39 is 15.3 Å². The lowest BCUT2D eigenvalue weighted by Gasteiger charge is -2.27. The number of sulfonamides is 1. The fraction of sp³-hybridized carbons (Fsp3) is 0.571. The van der Waals surface area contributed by atoms with Crippen LogP contribution in [-0.2, 0) is 10.0 Å². The summed E-state index contributed by atoms with van der Waals surface area (Å²) in [7, 11) is -3.32. The first kappa shape index (κ1) is 16.0. The Morgan fingerprint density at radius 2 is 2.00 bits per heavy atom. The van der Waals surface area contributed by atoms with Crippen molar-refractivity contribution < 1.29 is 8.42 Å². The standard InChI is InChI=1S/C14H24N2O2S/c1-5-15-11-13(4)19(17,18)16(6-2)14-9-7-8-12(3)10-14/h7-10,13,15H,5-6,11H2,1-4H3. The van der Waals surface area contributed by atoms with Gasteiger partial charge in [-0.2, -0.15) is 0 Å². The molecule has 19 heavy (non-hydrogen) atoms. The van der Waals surface area contributed by atoms with Gasteiger partial charge in [0.25, 0.3) is 0 Å². The molecule has 0 radical (unpaired) electrons. The van der Waals surface area contributed by atoms with Crippen LogP contribution in [0.4, 0.5) is 5.69 Å². The first-order valence-electron chi connectivity index (χ1n) is 6.72. The zero-order valence-electron chi connectivity index (χ0n) is 12.2. The summed E-state index contributed by atoms with van der Waals surface area (Å²) >= 11 is 0. The maximum Gasteiger partial charge on any atom is 0.239 e. The number of nitrogens with zero attached hydrogens (tertiary/aromatic N) is 1. The number of anilines is 1. The van der Waals surface area contributed by atoms with E-state index in [1.54, 1.807) is 6.92 Å². The molecule has 4 nitrogen and oxygen atoms in total. The van der Waals surface area contributed by atoms with Crippen LogP contribution in [0.3, 0.4) is 0 Å². The highest BCUT2D eigenvalue weighted by Crippen LogP contribution is 2.21. The summed E-state index contributed by atoms with van der Waals surface area (Å²) in [4.78, 5) is 0. The molecule has 0 saturated heterocycles. The predicted molar refractivity (Wildman–Crippen MR) is 81.1 cm³/mol. The summed E-state index contributed by atoms with van der Waals surface area (Å²) in [5.74, 6) is 0. The Bertz CT molecular complexity index is 500. The van der Waals surface area contributed by atoms with E-state index in [2.05, 4.69) is 5.32 Å². The van der Waals surface area contributed by atoms with Gasteiger partial charge in [0.15, 0.2) is 0 Å². The summed E-state index contributed by atoms with van der Waals surface area (Å²) < 4.78 is 26.6. The minimum atomic E-state index is -3.32. The molecule has 0 aliphatic carbocycles. The smallest absolute Gasteiger partial charge is 0.239 e. The third kappa shape index (κ3) is 3.94. The molecule has 0 spiro atoms. The summed E-state index contributed by atoms with van der Waals surface area (Å²) in [6.07, 6.45) is 0. The fourth-order valence-electron chi connectivity index (χ4n) is 1.96. The van der Waals surface area contributed by atoms with Gasteiger partial charge in [-0.15, -0.1) is 0 Å². The van der Waals surface area contributed by atoms with E-state index in [9.17, 15) is 8.42 Å². The normalized spacial score (nSPS) is 13.3. The van der Waals surface area contributed by atoms with Gasteiger partial charge in [-0.3, -0.25) is 4.31 Å². The number of hydrogen-bond acceptors (Lipinski definition) is 3. The van der Waals surface area contributed by atoms with E-state index in [4.69, 9.17) is 0 Å². The Hall–Kier alpha value is -1.07. The molecule has 0 aromatic heterocycles. The molecule has 1 aromatic rings. The molecule has 1 rings (SSSR count).